The van der Waals surface area contributed by atoms with Crippen LogP contribution in [0, 0.1) is 0 Å². The fourth-order valence-corrected chi connectivity index (χ4v) is 8.72. The molecular formula is C51H96O4P+. The van der Waals surface area contributed by atoms with Crippen molar-refractivity contribution >= 4 is 8.25 Å². The molecule has 1 rings (SSSR count). The molecule has 0 radical (unpaired) electrons. The molecule has 56 heavy (non-hydrogen) atoms. The molecule has 5 heteroatoms. The highest BCUT2D eigenvalue weighted by Crippen LogP contribution is 2.44. The van der Waals surface area contributed by atoms with Crippen LogP contribution in [-0.4, -0.2) is 11.5 Å². The Morgan fingerprint density at radius 2 is 0.839 bits per heavy atom. The molecular weight excluding hydrogens is 708 g/mol. The average Bonchev–Trinajstić information content (AvgIpc) is 3.14. The summed E-state index contributed by atoms with van der Waals surface area (Å²) in [5, 5.41) is 0. The van der Waals surface area contributed by atoms with Crippen LogP contribution in [0.1, 0.15) is 283 Å². The normalized spacial score (nSPS) is 12.5. The Morgan fingerprint density at radius 3 is 1.16 bits per heavy atom. The van der Waals surface area contributed by atoms with Gasteiger partial charge in [-0.1, -0.05) is 248 Å². The first-order chi connectivity index (χ1) is 26.9. The highest BCUT2D eigenvalue weighted by molar-refractivity contribution is 7.32. The second-order valence-corrected chi connectivity index (χ2v) is 20.2. The van der Waals surface area contributed by atoms with Crippen molar-refractivity contribution in [1.29, 1.82) is 0 Å². The molecule has 1 atom stereocenters. The maximum absolute atomic E-state index is 11.7. The van der Waals surface area contributed by atoms with Gasteiger partial charge in [-0.3, -0.25) is 0 Å². The molecule has 0 amide bonds. The summed E-state index contributed by atoms with van der Waals surface area (Å²) >= 11 is 0. The first-order valence-electron chi connectivity index (χ1n) is 24.5. The summed E-state index contributed by atoms with van der Waals surface area (Å²) in [4.78, 5) is 9.62. The van der Waals surface area contributed by atoms with Crippen LogP contribution in [-0.2, 0) is 32.9 Å². The van der Waals surface area contributed by atoms with E-state index in [4.69, 9.17) is 9.26 Å². The predicted octanol–water partition coefficient (Wildman–Crippen LogP) is 17.9. The van der Waals surface area contributed by atoms with Crippen LogP contribution in [0.25, 0.3) is 0 Å². The van der Waals surface area contributed by atoms with Gasteiger partial charge in [0.15, 0.2) is 0 Å². The molecule has 0 aliphatic rings. The lowest BCUT2D eigenvalue weighted by atomic mass is 9.74. The van der Waals surface area contributed by atoms with Gasteiger partial charge in [0.1, 0.15) is 12.4 Å². The van der Waals surface area contributed by atoms with E-state index in [0.29, 0.717) is 0 Å². The van der Waals surface area contributed by atoms with Gasteiger partial charge in [-0.15, -0.1) is 9.42 Å². The fourth-order valence-electron chi connectivity index (χ4n) is 8.47. The van der Waals surface area contributed by atoms with Crippen molar-refractivity contribution in [2.24, 2.45) is 0 Å². The van der Waals surface area contributed by atoms with Crippen molar-refractivity contribution in [2.45, 2.75) is 285 Å². The Labute approximate surface area is 351 Å². The highest BCUT2D eigenvalue weighted by Gasteiger charge is 2.32. The van der Waals surface area contributed by atoms with Gasteiger partial charge in [-0.05, 0) is 47.3 Å². The largest absolute Gasteiger partial charge is 0.695 e. The van der Waals surface area contributed by atoms with E-state index in [1.54, 1.807) is 0 Å². The average molecular weight is 804 g/mol. The molecule has 4 nitrogen and oxygen atoms in total. The standard InChI is InChI=1S/C51H95O4P/c1-9-11-13-15-17-19-21-23-25-27-29-31-33-35-37-39-41-46-45(44-55-56(52)53)43-47(50(3,4)5)49(48(46)51(6,7)8)54-42-40-38-36-34-32-30-28-26-24-22-20-18-16-14-12-10-2/h43H,9-42,44H2,1-8H3/p+1. The zero-order chi connectivity index (χ0) is 41.3. The van der Waals surface area contributed by atoms with E-state index < -0.39 is 8.25 Å². The van der Waals surface area contributed by atoms with Gasteiger partial charge in [-0.25, -0.2) is 0 Å². The molecule has 1 aromatic carbocycles. The van der Waals surface area contributed by atoms with Crippen LogP contribution in [0.4, 0.5) is 0 Å². The van der Waals surface area contributed by atoms with E-state index in [-0.39, 0.29) is 17.4 Å². The molecule has 0 bridgehead atoms. The van der Waals surface area contributed by atoms with Crippen molar-refractivity contribution in [1.82, 2.24) is 0 Å². The summed E-state index contributed by atoms with van der Waals surface area (Å²) < 4.78 is 24.0. The van der Waals surface area contributed by atoms with Gasteiger partial charge in [0.2, 0.25) is 0 Å². The first-order valence-corrected chi connectivity index (χ1v) is 25.7. The van der Waals surface area contributed by atoms with E-state index in [0.717, 1.165) is 37.2 Å². The lowest BCUT2D eigenvalue weighted by Crippen LogP contribution is -2.23. The van der Waals surface area contributed by atoms with Crippen molar-refractivity contribution in [3.8, 4) is 5.75 Å². The summed E-state index contributed by atoms with van der Waals surface area (Å²) in [6.07, 6.45) is 44.6. The monoisotopic (exact) mass is 804 g/mol. The Bertz CT molecular complexity index is 1080. The molecule has 0 aromatic heterocycles. The molecule has 1 N–H and O–H groups in total. The number of rotatable bonds is 38. The molecule has 0 saturated carbocycles. The Kier molecular flexibility index (Phi) is 32.0. The number of benzene rings is 1. The van der Waals surface area contributed by atoms with Gasteiger partial charge >= 0.3 is 8.25 Å². The third kappa shape index (κ3) is 26.9. The van der Waals surface area contributed by atoms with E-state index in [2.05, 4.69) is 61.5 Å². The molecule has 0 fully saturated rings. The minimum Gasteiger partial charge on any atom is -0.493 e. The van der Waals surface area contributed by atoms with E-state index >= 15 is 0 Å². The van der Waals surface area contributed by atoms with Crippen LogP contribution < -0.4 is 4.74 Å². The van der Waals surface area contributed by atoms with Crippen molar-refractivity contribution in [3.05, 3.63) is 28.3 Å². The molecule has 0 spiro atoms. The molecule has 1 unspecified atom stereocenters. The molecule has 0 aliphatic heterocycles. The SMILES string of the molecule is CCCCCCCCCCCCCCCCCCOc1c(C(C)(C)C)cc(CO[P+](=O)O)c(CCCCCCCCCCCCCCCCCC)c1C(C)(C)C. The third-order valence-electron chi connectivity index (χ3n) is 11.9. The summed E-state index contributed by atoms with van der Waals surface area (Å²) in [5.74, 6) is 1.05. The minimum absolute atomic E-state index is 0.132. The summed E-state index contributed by atoms with van der Waals surface area (Å²) in [7, 11) is -2.66. The van der Waals surface area contributed by atoms with Crippen LogP contribution in [0.15, 0.2) is 6.07 Å². The van der Waals surface area contributed by atoms with E-state index in [1.165, 1.54) is 209 Å². The molecule has 0 aliphatic carbocycles. The van der Waals surface area contributed by atoms with Gasteiger partial charge in [0, 0.05) is 15.7 Å². The maximum Gasteiger partial charge on any atom is 0.695 e. The molecule has 0 heterocycles. The number of hydrogen-bond acceptors (Lipinski definition) is 3. The van der Waals surface area contributed by atoms with Crippen LogP contribution >= 0.6 is 8.25 Å². The Hall–Kier alpha value is -0.960. The van der Waals surface area contributed by atoms with Crippen molar-refractivity contribution in [2.75, 3.05) is 6.61 Å². The smallest absolute Gasteiger partial charge is 0.493 e. The zero-order valence-corrected chi connectivity index (χ0v) is 39.8. The first kappa shape index (κ1) is 53.1. The van der Waals surface area contributed by atoms with Crippen molar-refractivity contribution in [3.63, 3.8) is 0 Å². The maximum atomic E-state index is 11.7. The number of unbranched alkanes of at least 4 members (excludes halogenated alkanes) is 30. The predicted molar refractivity (Wildman–Crippen MR) is 247 cm³/mol. The molecule has 328 valence electrons. The minimum atomic E-state index is -2.66. The van der Waals surface area contributed by atoms with Gasteiger partial charge < -0.3 is 4.74 Å². The number of ether oxygens (including phenoxy) is 1. The second-order valence-electron chi connectivity index (χ2n) is 19.5. The number of hydrogen-bond donors (Lipinski definition) is 1. The van der Waals surface area contributed by atoms with Crippen LogP contribution in [0.3, 0.4) is 0 Å². The second kappa shape index (κ2) is 33.8. The summed E-state index contributed by atoms with van der Waals surface area (Å²) in [6, 6.07) is 2.23. The Balaban J connectivity index is 2.64. The lowest BCUT2D eigenvalue weighted by Gasteiger charge is -2.33. The Morgan fingerprint density at radius 1 is 0.500 bits per heavy atom. The van der Waals surface area contributed by atoms with Gasteiger partial charge in [-0.2, -0.15) is 0 Å². The summed E-state index contributed by atoms with van der Waals surface area (Å²) in [5.41, 5.74) is 4.51. The zero-order valence-electron chi connectivity index (χ0n) is 38.9. The fraction of sp³-hybridized carbons (Fsp3) is 0.882. The molecule has 1 aromatic rings. The van der Waals surface area contributed by atoms with Crippen molar-refractivity contribution < 1.29 is 18.7 Å². The topological polar surface area (TPSA) is 55.8 Å². The van der Waals surface area contributed by atoms with Gasteiger partial charge in [0.25, 0.3) is 0 Å². The quantitative estimate of drug-likeness (QED) is 0.0534. The van der Waals surface area contributed by atoms with E-state index in [1.807, 2.05) is 0 Å². The van der Waals surface area contributed by atoms with Gasteiger partial charge in [0.05, 0.1) is 6.61 Å². The van der Waals surface area contributed by atoms with E-state index in [9.17, 15) is 9.46 Å². The van der Waals surface area contributed by atoms with Crippen LogP contribution in [0.2, 0.25) is 0 Å². The van der Waals surface area contributed by atoms with Crippen LogP contribution in [0.5, 0.6) is 5.75 Å². The molecule has 0 saturated heterocycles. The lowest BCUT2D eigenvalue weighted by molar-refractivity contribution is 0.268. The summed E-state index contributed by atoms with van der Waals surface area (Å²) in [6.45, 7) is 19.1. The third-order valence-corrected chi connectivity index (χ3v) is 12.2. The highest BCUT2D eigenvalue weighted by atomic mass is 31.1.